The highest BCUT2D eigenvalue weighted by Gasteiger charge is 2.34. The molecular weight excluding hydrogens is 280 g/mol. The number of ether oxygens (including phenoxy) is 1. The molecule has 3 aliphatic rings. The molecule has 2 N–H and O–H groups in total. The third-order valence-corrected chi connectivity index (χ3v) is 5.65. The van der Waals surface area contributed by atoms with Gasteiger partial charge in [-0.1, -0.05) is 0 Å². The first kappa shape index (κ1) is 16.7. The molecule has 128 valence electrons. The Balaban J connectivity index is 1.45. The molecular formula is C17H32N2O3. The maximum absolute atomic E-state index is 10.5. The van der Waals surface area contributed by atoms with Crippen LogP contribution in [0, 0.1) is 0 Å². The molecule has 0 aromatic carbocycles. The van der Waals surface area contributed by atoms with Crippen LogP contribution < -0.4 is 0 Å². The van der Waals surface area contributed by atoms with E-state index in [1.807, 2.05) is 0 Å². The topological polar surface area (TPSA) is 56.2 Å². The van der Waals surface area contributed by atoms with Crippen molar-refractivity contribution in [2.45, 2.75) is 62.7 Å². The fourth-order valence-corrected chi connectivity index (χ4v) is 4.33. The van der Waals surface area contributed by atoms with Crippen LogP contribution in [0.3, 0.4) is 0 Å². The van der Waals surface area contributed by atoms with Crippen molar-refractivity contribution in [1.82, 2.24) is 9.80 Å². The van der Waals surface area contributed by atoms with E-state index in [0.29, 0.717) is 45.1 Å². The minimum Gasteiger partial charge on any atom is -0.392 e. The summed E-state index contributed by atoms with van der Waals surface area (Å²) in [5.74, 6) is 0. The van der Waals surface area contributed by atoms with Crippen LogP contribution in [-0.2, 0) is 4.74 Å². The highest BCUT2D eigenvalue weighted by molar-refractivity contribution is 4.88. The molecule has 2 unspecified atom stereocenters. The molecule has 0 radical (unpaired) electrons. The van der Waals surface area contributed by atoms with Gasteiger partial charge in [-0.2, -0.15) is 0 Å². The number of nitrogens with zero attached hydrogens (tertiary/aromatic N) is 2. The van der Waals surface area contributed by atoms with Gasteiger partial charge in [-0.15, -0.1) is 0 Å². The summed E-state index contributed by atoms with van der Waals surface area (Å²) in [5, 5.41) is 21.0. The van der Waals surface area contributed by atoms with Crippen molar-refractivity contribution < 1.29 is 14.9 Å². The van der Waals surface area contributed by atoms with Crippen molar-refractivity contribution in [3.8, 4) is 0 Å². The quantitative estimate of drug-likeness (QED) is 0.761. The van der Waals surface area contributed by atoms with Crippen LogP contribution in [0.2, 0.25) is 0 Å². The summed E-state index contributed by atoms with van der Waals surface area (Å²) < 4.78 is 5.31. The number of aliphatic hydroxyl groups is 2. The van der Waals surface area contributed by atoms with Gasteiger partial charge in [-0.25, -0.2) is 0 Å². The minimum absolute atomic E-state index is 0.428. The van der Waals surface area contributed by atoms with Crippen LogP contribution in [0.15, 0.2) is 0 Å². The van der Waals surface area contributed by atoms with Gasteiger partial charge in [0.05, 0.1) is 11.7 Å². The molecule has 0 aromatic heterocycles. The Labute approximate surface area is 134 Å². The van der Waals surface area contributed by atoms with Crippen LogP contribution in [0.25, 0.3) is 0 Å². The van der Waals surface area contributed by atoms with Gasteiger partial charge < -0.3 is 19.8 Å². The van der Waals surface area contributed by atoms with Crippen molar-refractivity contribution in [3.05, 3.63) is 0 Å². The first-order chi connectivity index (χ1) is 10.6. The second-order valence-corrected chi connectivity index (χ2v) is 7.49. The molecule has 2 atom stereocenters. The lowest BCUT2D eigenvalue weighted by atomic mass is 9.88. The molecule has 0 aromatic rings. The molecule has 5 heteroatoms. The Morgan fingerprint density at radius 2 is 1.82 bits per heavy atom. The number of likely N-dealkylation sites (tertiary alicyclic amines) is 2. The van der Waals surface area contributed by atoms with Crippen LogP contribution in [-0.4, -0.2) is 83.7 Å². The van der Waals surface area contributed by atoms with Crippen LogP contribution in [0.1, 0.15) is 44.9 Å². The molecule has 0 spiro atoms. The SMILES string of the molecule is OC(CN1CCCC1CN1CCCC1)CC1(O)CCOCC1. The summed E-state index contributed by atoms with van der Waals surface area (Å²) in [4.78, 5) is 5.02. The van der Waals surface area contributed by atoms with E-state index >= 15 is 0 Å². The highest BCUT2D eigenvalue weighted by atomic mass is 16.5. The largest absolute Gasteiger partial charge is 0.392 e. The zero-order valence-electron chi connectivity index (χ0n) is 13.8. The number of hydrogen-bond acceptors (Lipinski definition) is 5. The van der Waals surface area contributed by atoms with Gasteiger partial charge >= 0.3 is 0 Å². The molecule has 3 heterocycles. The third-order valence-electron chi connectivity index (χ3n) is 5.65. The molecule has 3 rings (SSSR count). The number of aliphatic hydroxyl groups excluding tert-OH is 1. The van der Waals surface area contributed by atoms with E-state index in [0.717, 1.165) is 13.1 Å². The average Bonchev–Trinajstić information content (AvgIpc) is 3.12. The molecule has 0 aliphatic carbocycles. The third kappa shape index (κ3) is 4.42. The van der Waals surface area contributed by atoms with E-state index in [2.05, 4.69) is 9.80 Å². The fraction of sp³-hybridized carbons (Fsp3) is 1.00. The summed E-state index contributed by atoms with van der Waals surface area (Å²) in [6.45, 7) is 6.68. The van der Waals surface area contributed by atoms with Crippen molar-refractivity contribution in [1.29, 1.82) is 0 Å². The normalized spacial score (nSPS) is 31.6. The van der Waals surface area contributed by atoms with Crippen LogP contribution in [0.4, 0.5) is 0 Å². The average molecular weight is 312 g/mol. The zero-order valence-corrected chi connectivity index (χ0v) is 13.8. The summed E-state index contributed by atoms with van der Waals surface area (Å²) >= 11 is 0. The molecule has 0 bridgehead atoms. The van der Waals surface area contributed by atoms with Gasteiger partial charge in [0.25, 0.3) is 0 Å². The Morgan fingerprint density at radius 1 is 1.09 bits per heavy atom. The van der Waals surface area contributed by atoms with Crippen LogP contribution >= 0.6 is 0 Å². The number of hydrogen-bond donors (Lipinski definition) is 2. The predicted molar refractivity (Wildman–Crippen MR) is 85.9 cm³/mol. The van der Waals surface area contributed by atoms with E-state index < -0.39 is 11.7 Å². The molecule has 3 aliphatic heterocycles. The van der Waals surface area contributed by atoms with Crippen molar-refractivity contribution in [2.24, 2.45) is 0 Å². The van der Waals surface area contributed by atoms with Gasteiger partial charge in [0, 0.05) is 38.8 Å². The van der Waals surface area contributed by atoms with E-state index in [9.17, 15) is 10.2 Å². The Kier molecular flexibility index (Phi) is 5.74. The highest BCUT2D eigenvalue weighted by Crippen LogP contribution is 2.27. The van der Waals surface area contributed by atoms with Crippen molar-refractivity contribution in [3.63, 3.8) is 0 Å². The lowest BCUT2D eigenvalue weighted by Gasteiger charge is -2.36. The van der Waals surface area contributed by atoms with E-state index in [1.54, 1.807) is 0 Å². The predicted octanol–water partition coefficient (Wildman–Crippen LogP) is 0.839. The minimum atomic E-state index is -0.720. The number of β-amino-alcohol motifs (C(OH)–C–C–N with tert-alkyl or cyclic N) is 1. The van der Waals surface area contributed by atoms with Crippen molar-refractivity contribution in [2.75, 3.05) is 45.9 Å². The second-order valence-electron chi connectivity index (χ2n) is 7.49. The summed E-state index contributed by atoms with van der Waals surface area (Å²) in [5.41, 5.74) is -0.720. The van der Waals surface area contributed by atoms with Gasteiger partial charge in [0.2, 0.25) is 0 Å². The Hall–Kier alpha value is -0.200. The van der Waals surface area contributed by atoms with Crippen molar-refractivity contribution >= 4 is 0 Å². The first-order valence-electron chi connectivity index (χ1n) is 9.09. The summed E-state index contributed by atoms with van der Waals surface area (Å²) in [6, 6.07) is 0.595. The Morgan fingerprint density at radius 3 is 2.55 bits per heavy atom. The van der Waals surface area contributed by atoms with Gasteiger partial charge in [0.1, 0.15) is 0 Å². The van der Waals surface area contributed by atoms with Gasteiger partial charge in [-0.05, 0) is 58.2 Å². The smallest absolute Gasteiger partial charge is 0.0716 e. The second kappa shape index (κ2) is 7.58. The lowest BCUT2D eigenvalue weighted by Crippen LogP contribution is -2.46. The summed E-state index contributed by atoms with van der Waals surface area (Å²) in [6.07, 6.45) is 6.54. The lowest BCUT2D eigenvalue weighted by molar-refractivity contribution is -0.0898. The van der Waals surface area contributed by atoms with Crippen LogP contribution in [0.5, 0.6) is 0 Å². The monoisotopic (exact) mass is 312 g/mol. The molecule has 0 saturated carbocycles. The first-order valence-corrected chi connectivity index (χ1v) is 9.09. The maximum atomic E-state index is 10.5. The van der Waals surface area contributed by atoms with E-state index in [4.69, 9.17) is 4.74 Å². The molecule has 5 nitrogen and oxygen atoms in total. The molecule has 0 amide bonds. The maximum Gasteiger partial charge on any atom is 0.0716 e. The number of rotatable bonds is 6. The van der Waals surface area contributed by atoms with E-state index in [1.165, 1.54) is 38.8 Å². The molecule has 22 heavy (non-hydrogen) atoms. The van der Waals surface area contributed by atoms with Gasteiger partial charge in [-0.3, -0.25) is 4.90 Å². The molecule has 3 saturated heterocycles. The van der Waals surface area contributed by atoms with Gasteiger partial charge in [0.15, 0.2) is 0 Å². The standard InChI is InChI=1S/C17H32N2O3/c20-16(12-17(21)5-10-22-11-6-17)14-19-9-3-4-15(19)13-18-7-1-2-8-18/h15-16,20-21H,1-14H2. The fourth-order valence-electron chi connectivity index (χ4n) is 4.33. The molecule has 3 fully saturated rings. The summed E-state index contributed by atoms with van der Waals surface area (Å²) in [7, 11) is 0. The Bertz CT molecular complexity index is 341. The zero-order chi connectivity index (χ0) is 15.4. The van der Waals surface area contributed by atoms with E-state index in [-0.39, 0.29) is 0 Å².